The van der Waals surface area contributed by atoms with Gasteiger partial charge in [0.2, 0.25) is 0 Å². The number of benzene rings is 3. The van der Waals surface area contributed by atoms with Crippen LogP contribution in [0.5, 0.6) is 0 Å². The number of nitrogens with zero attached hydrogens (tertiary/aromatic N) is 2. The minimum absolute atomic E-state index is 0.0558. The molecular weight excluding hydrogens is 473 g/mol. The second-order valence-corrected chi connectivity index (χ2v) is 9.11. The first-order valence-electron chi connectivity index (χ1n) is 10.6. The van der Waals surface area contributed by atoms with Gasteiger partial charge in [0.15, 0.2) is 5.82 Å². The first-order valence-corrected chi connectivity index (χ1v) is 11.4. The minimum Gasteiger partial charge on any atom is -0.478 e. The van der Waals surface area contributed by atoms with Crippen LogP contribution in [-0.4, -0.2) is 21.0 Å². The number of rotatable bonds is 4. The summed E-state index contributed by atoms with van der Waals surface area (Å²) in [6, 6.07) is 22.1. The van der Waals surface area contributed by atoms with Gasteiger partial charge < -0.3 is 5.11 Å². The van der Waals surface area contributed by atoms with E-state index in [1.807, 2.05) is 30.3 Å². The Labute approximate surface area is 202 Å². The van der Waals surface area contributed by atoms with Crippen molar-refractivity contribution in [3.63, 3.8) is 0 Å². The molecule has 0 aliphatic carbocycles. The van der Waals surface area contributed by atoms with Crippen LogP contribution in [-0.2, 0) is 6.18 Å². The highest BCUT2D eigenvalue weighted by Gasteiger charge is 2.34. The Morgan fingerprint density at radius 3 is 2.34 bits per heavy atom. The van der Waals surface area contributed by atoms with Crippen molar-refractivity contribution in [2.24, 2.45) is 0 Å². The van der Waals surface area contributed by atoms with Crippen molar-refractivity contribution in [2.45, 2.75) is 13.1 Å². The first-order chi connectivity index (χ1) is 16.7. The van der Waals surface area contributed by atoms with Crippen molar-refractivity contribution in [1.82, 2.24) is 9.97 Å². The predicted octanol–water partition coefficient (Wildman–Crippen LogP) is 7.72. The van der Waals surface area contributed by atoms with E-state index in [1.165, 1.54) is 11.3 Å². The third kappa shape index (κ3) is 4.52. The number of aromatic carboxylic acids is 1. The number of carboxylic acids is 1. The minimum atomic E-state index is -4.64. The smallest absolute Gasteiger partial charge is 0.433 e. The fourth-order valence-corrected chi connectivity index (χ4v) is 4.85. The molecule has 8 heteroatoms. The Kier molecular flexibility index (Phi) is 5.61. The molecule has 0 atom stereocenters. The van der Waals surface area contributed by atoms with Crippen LogP contribution in [0.4, 0.5) is 13.2 Å². The number of thiophene rings is 1. The Balaban J connectivity index is 1.64. The lowest BCUT2D eigenvalue weighted by Crippen LogP contribution is -2.10. The summed E-state index contributed by atoms with van der Waals surface area (Å²) in [7, 11) is 0. The van der Waals surface area contributed by atoms with Gasteiger partial charge in [0.05, 0.1) is 16.1 Å². The molecule has 4 nitrogen and oxygen atoms in total. The fourth-order valence-electron chi connectivity index (χ4n) is 3.83. The molecule has 0 aliphatic heterocycles. The van der Waals surface area contributed by atoms with E-state index in [0.29, 0.717) is 27.1 Å². The topological polar surface area (TPSA) is 63.1 Å². The molecule has 0 aliphatic rings. The Morgan fingerprint density at radius 2 is 1.60 bits per heavy atom. The van der Waals surface area contributed by atoms with Crippen molar-refractivity contribution in [1.29, 1.82) is 0 Å². The van der Waals surface area contributed by atoms with Gasteiger partial charge in [-0.05, 0) is 59.3 Å². The molecule has 0 radical (unpaired) electrons. The fraction of sp³-hybridized carbons (Fsp3) is 0.0741. The Hall–Kier alpha value is -4.04. The first kappa shape index (κ1) is 22.7. The molecule has 2 heterocycles. The number of alkyl halides is 3. The maximum Gasteiger partial charge on any atom is 0.433 e. The second-order valence-electron chi connectivity index (χ2n) is 8.02. The largest absolute Gasteiger partial charge is 0.478 e. The lowest BCUT2D eigenvalue weighted by Gasteiger charge is -2.11. The molecule has 0 spiro atoms. The highest BCUT2D eigenvalue weighted by Crippen LogP contribution is 2.37. The third-order valence-electron chi connectivity index (χ3n) is 5.62. The van der Waals surface area contributed by atoms with Gasteiger partial charge in [0.1, 0.15) is 5.69 Å². The van der Waals surface area contributed by atoms with E-state index in [2.05, 4.69) is 9.97 Å². The molecule has 0 unspecified atom stereocenters. The highest BCUT2D eigenvalue weighted by molar-refractivity contribution is 7.22. The van der Waals surface area contributed by atoms with E-state index in [4.69, 9.17) is 0 Å². The molecule has 174 valence electrons. The van der Waals surface area contributed by atoms with Crippen LogP contribution in [0.1, 0.15) is 21.6 Å². The van der Waals surface area contributed by atoms with Gasteiger partial charge in [-0.3, -0.25) is 0 Å². The molecule has 1 N–H and O–H groups in total. The van der Waals surface area contributed by atoms with Gasteiger partial charge in [-0.15, -0.1) is 11.3 Å². The zero-order chi connectivity index (χ0) is 24.7. The van der Waals surface area contributed by atoms with Crippen LogP contribution >= 0.6 is 11.3 Å². The summed E-state index contributed by atoms with van der Waals surface area (Å²) in [5.74, 6) is -1.10. The van der Waals surface area contributed by atoms with Gasteiger partial charge in [-0.1, -0.05) is 48.5 Å². The van der Waals surface area contributed by atoms with Crippen molar-refractivity contribution in [2.75, 3.05) is 0 Å². The van der Waals surface area contributed by atoms with Crippen molar-refractivity contribution >= 4 is 27.4 Å². The molecule has 2 aromatic heterocycles. The number of halogens is 3. The summed E-state index contributed by atoms with van der Waals surface area (Å²) in [6.45, 7) is 1.70. The molecule has 3 aromatic carbocycles. The molecule has 5 rings (SSSR count). The summed E-state index contributed by atoms with van der Waals surface area (Å²) in [6.07, 6.45) is -4.64. The van der Waals surface area contributed by atoms with Crippen LogP contribution in [0, 0.1) is 6.92 Å². The Bertz CT molecular complexity index is 1560. The van der Waals surface area contributed by atoms with E-state index in [-0.39, 0.29) is 17.1 Å². The molecule has 0 bridgehead atoms. The van der Waals surface area contributed by atoms with E-state index in [1.54, 1.807) is 49.4 Å². The van der Waals surface area contributed by atoms with Gasteiger partial charge in [-0.2, -0.15) is 13.2 Å². The van der Waals surface area contributed by atoms with E-state index in [9.17, 15) is 23.1 Å². The molecule has 35 heavy (non-hydrogen) atoms. The summed E-state index contributed by atoms with van der Waals surface area (Å²) in [4.78, 5) is 20.5. The van der Waals surface area contributed by atoms with Gasteiger partial charge >= 0.3 is 12.1 Å². The standard InChI is InChI=1S/C27H17F3N2O2S/c1-15-9-10-17(12-20(15)26(33)34)16-6-4-7-19(11-16)25-31-21(14-24(32-25)27(28,29)30)23-13-18-5-2-3-8-22(18)35-23/h2-14H,1H3,(H,33,34). The average Bonchev–Trinajstić information content (AvgIpc) is 3.28. The highest BCUT2D eigenvalue weighted by atomic mass is 32.1. The monoisotopic (exact) mass is 490 g/mol. The summed E-state index contributed by atoms with van der Waals surface area (Å²) in [5, 5.41) is 10.4. The van der Waals surface area contributed by atoms with Crippen LogP contribution in [0.3, 0.4) is 0 Å². The molecule has 0 amide bonds. The van der Waals surface area contributed by atoms with E-state index >= 15 is 0 Å². The molecular formula is C27H17F3N2O2S. The van der Waals surface area contributed by atoms with Crippen LogP contribution in [0.15, 0.2) is 78.9 Å². The number of aryl methyl sites for hydroxylation is 1. The molecule has 0 saturated heterocycles. The normalized spacial score (nSPS) is 11.7. The number of hydrogen-bond acceptors (Lipinski definition) is 4. The average molecular weight is 491 g/mol. The van der Waals surface area contributed by atoms with E-state index in [0.717, 1.165) is 16.2 Å². The van der Waals surface area contributed by atoms with Gasteiger partial charge in [-0.25, -0.2) is 14.8 Å². The maximum absolute atomic E-state index is 13.7. The zero-order valence-electron chi connectivity index (χ0n) is 18.3. The van der Waals surface area contributed by atoms with Crippen LogP contribution in [0.2, 0.25) is 0 Å². The summed E-state index contributed by atoms with van der Waals surface area (Å²) < 4.78 is 42.2. The third-order valence-corrected chi connectivity index (χ3v) is 6.76. The SMILES string of the molecule is Cc1ccc(-c2cccc(-c3nc(-c4cc5ccccc5s4)cc(C(F)(F)F)n3)c2)cc1C(=O)O. The number of fused-ring (bicyclic) bond motifs is 1. The number of carboxylic acid groups (broad SMARTS) is 1. The quantitative estimate of drug-likeness (QED) is 0.280. The zero-order valence-corrected chi connectivity index (χ0v) is 19.1. The van der Waals surface area contributed by atoms with Crippen LogP contribution < -0.4 is 0 Å². The van der Waals surface area contributed by atoms with E-state index < -0.39 is 17.8 Å². The second kappa shape index (κ2) is 8.63. The predicted molar refractivity (Wildman–Crippen MR) is 130 cm³/mol. The summed E-state index contributed by atoms with van der Waals surface area (Å²) >= 11 is 1.37. The van der Waals surface area contributed by atoms with Crippen molar-refractivity contribution < 1.29 is 23.1 Å². The van der Waals surface area contributed by atoms with Crippen LogP contribution in [0.25, 0.3) is 43.2 Å². The number of carbonyl (C=O) groups is 1. The lowest BCUT2D eigenvalue weighted by atomic mass is 9.98. The molecule has 5 aromatic rings. The molecule has 0 fully saturated rings. The van der Waals surface area contributed by atoms with Crippen molar-refractivity contribution in [3.05, 3.63) is 95.7 Å². The van der Waals surface area contributed by atoms with Crippen molar-refractivity contribution in [3.8, 4) is 33.1 Å². The summed E-state index contributed by atoms with van der Waals surface area (Å²) in [5.41, 5.74) is 1.62. The Morgan fingerprint density at radius 1 is 0.857 bits per heavy atom. The van der Waals surface area contributed by atoms with Gasteiger partial charge in [0.25, 0.3) is 0 Å². The maximum atomic E-state index is 13.7. The number of aromatic nitrogens is 2. The van der Waals surface area contributed by atoms with Gasteiger partial charge in [0, 0.05) is 10.3 Å². The molecule has 0 saturated carbocycles. The lowest BCUT2D eigenvalue weighted by molar-refractivity contribution is -0.141. The number of hydrogen-bond donors (Lipinski definition) is 1.